The lowest BCUT2D eigenvalue weighted by atomic mass is 10.4. The summed E-state index contributed by atoms with van der Waals surface area (Å²) in [6, 6.07) is 3.51. The molecular weight excluding hydrogens is 373 g/mol. The van der Waals surface area contributed by atoms with Gasteiger partial charge in [0.25, 0.3) is 0 Å². The van der Waals surface area contributed by atoms with Crippen molar-refractivity contribution in [3.63, 3.8) is 0 Å². The van der Waals surface area contributed by atoms with Gasteiger partial charge in [0.2, 0.25) is 5.91 Å². The molecule has 1 aromatic heterocycles. The quantitative estimate of drug-likeness (QED) is 0.439. The number of hydrogen-bond acceptors (Lipinski definition) is 4. The molecule has 8 heteroatoms. The van der Waals surface area contributed by atoms with Crippen molar-refractivity contribution >= 4 is 41.5 Å². The molecule has 1 aromatic rings. The monoisotopic (exact) mass is 391 g/mol. The van der Waals surface area contributed by atoms with Crippen molar-refractivity contribution < 1.29 is 9.53 Å². The number of nitrogens with two attached hydrogens (primary N) is 1. The predicted octanol–water partition coefficient (Wildman–Crippen LogP) is 0.285. The van der Waals surface area contributed by atoms with Gasteiger partial charge in [0, 0.05) is 19.3 Å². The molecule has 2 rings (SSSR count). The van der Waals surface area contributed by atoms with Crippen LogP contribution in [0.3, 0.4) is 0 Å². The number of ether oxygens (including phenoxy) is 1. The minimum absolute atomic E-state index is 0. The van der Waals surface area contributed by atoms with Crippen LogP contribution in [0.2, 0.25) is 0 Å². The van der Waals surface area contributed by atoms with Gasteiger partial charge < -0.3 is 20.7 Å². The van der Waals surface area contributed by atoms with Gasteiger partial charge in [0.15, 0.2) is 5.96 Å². The summed E-state index contributed by atoms with van der Waals surface area (Å²) in [5, 5.41) is 2.69. The van der Waals surface area contributed by atoms with Crippen molar-refractivity contribution in [1.82, 2.24) is 9.88 Å². The molecule has 0 spiro atoms. The zero-order valence-corrected chi connectivity index (χ0v) is 13.3. The number of rotatable bonds is 3. The van der Waals surface area contributed by atoms with Crippen LogP contribution in [0, 0.1) is 0 Å². The second-order valence-corrected chi connectivity index (χ2v) is 4.06. The largest absolute Gasteiger partial charge is 0.378 e. The van der Waals surface area contributed by atoms with Crippen LogP contribution in [0.25, 0.3) is 0 Å². The molecule has 1 amide bonds. The van der Waals surface area contributed by atoms with E-state index < -0.39 is 0 Å². The summed E-state index contributed by atoms with van der Waals surface area (Å²) in [6.07, 6.45) is 3.22. The number of carbonyl (C=O) groups is 1. The van der Waals surface area contributed by atoms with E-state index in [1.54, 1.807) is 24.5 Å². The smallest absolute Gasteiger partial charge is 0.246 e. The van der Waals surface area contributed by atoms with Gasteiger partial charge in [-0.05, 0) is 12.1 Å². The minimum Gasteiger partial charge on any atom is -0.378 e. The number of anilines is 1. The van der Waals surface area contributed by atoms with Crippen molar-refractivity contribution in [2.75, 3.05) is 38.2 Å². The number of aromatic nitrogens is 1. The molecule has 1 aliphatic rings. The van der Waals surface area contributed by atoms with Crippen LogP contribution in [0.4, 0.5) is 5.69 Å². The SMILES string of the molecule is I.NC(=NCC(=O)Nc1cccnc1)N1CCOCC1. The van der Waals surface area contributed by atoms with E-state index in [-0.39, 0.29) is 36.4 Å². The number of amides is 1. The van der Waals surface area contributed by atoms with Gasteiger partial charge in [-0.15, -0.1) is 24.0 Å². The van der Waals surface area contributed by atoms with E-state index in [4.69, 9.17) is 10.5 Å². The van der Waals surface area contributed by atoms with Crippen molar-refractivity contribution in [1.29, 1.82) is 0 Å². The Balaban J connectivity index is 0.00000200. The third-order valence-electron chi connectivity index (χ3n) is 2.67. The minimum atomic E-state index is -0.218. The number of morpholine rings is 1. The average molecular weight is 391 g/mol. The maximum atomic E-state index is 11.7. The van der Waals surface area contributed by atoms with E-state index in [0.717, 1.165) is 0 Å². The first-order chi connectivity index (χ1) is 9.25. The van der Waals surface area contributed by atoms with Crippen LogP contribution in [-0.2, 0) is 9.53 Å². The maximum Gasteiger partial charge on any atom is 0.246 e. The number of halogens is 1. The Hall–Kier alpha value is -1.42. The van der Waals surface area contributed by atoms with Crippen molar-refractivity contribution in [3.05, 3.63) is 24.5 Å². The molecule has 3 N–H and O–H groups in total. The first-order valence-electron chi connectivity index (χ1n) is 6.08. The molecule has 0 atom stereocenters. The van der Waals surface area contributed by atoms with Gasteiger partial charge in [-0.3, -0.25) is 9.78 Å². The first-order valence-corrected chi connectivity index (χ1v) is 6.08. The predicted molar refractivity (Wildman–Crippen MR) is 87.2 cm³/mol. The van der Waals surface area contributed by atoms with Crippen LogP contribution in [0.1, 0.15) is 0 Å². The van der Waals surface area contributed by atoms with Crippen LogP contribution in [0.15, 0.2) is 29.5 Å². The molecule has 0 aromatic carbocycles. The number of aliphatic imine (C=N–C) groups is 1. The zero-order chi connectivity index (χ0) is 13.5. The molecule has 1 saturated heterocycles. The van der Waals surface area contributed by atoms with E-state index in [1.165, 1.54) is 0 Å². The summed E-state index contributed by atoms with van der Waals surface area (Å²) in [6.45, 7) is 2.69. The second kappa shape index (κ2) is 8.69. The molecule has 7 nitrogen and oxygen atoms in total. The number of pyridine rings is 1. The molecule has 0 unspecified atom stereocenters. The molecular formula is C12H18IN5O2. The molecule has 0 bridgehead atoms. The van der Waals surface area contributed by atoms with Gasteiger partial charge in [-0.2, -0.15) is 0 Å². The Bertz CT molecular complexity index is 448. The number of hydrogen-bond donors (Lipinski definition) is 2. The lowest BCUT2D eigenvalue weighted by molar-refractivity contribution is -0.114. The van der Waals surface area contributed by atoms with Gasteiger partial charge in [-0.25, -0.2) is 4.99 Å². The molecule has 110 valence electrons. The Morgan fingerprint density at radius 1 is 1.50 bits per heavy atom. The highest BCUT2D eigenvalue weighted by atomic mass is 127. The van der Waals surface area contributed by atoms with Crippen molar-refractivity contribution in [2.24, 2.45) is 10.7 Å². The summed E-state index contributed by atoms with van der Waals surface area (Å²) in [7, 11) is 0. The van der Waals surface area contributed by atoms with Crippen LogP contribution in [-0.4, -0.2) is 54.6 Å². The van der Waals surface area contributed by atoms with Crippen LogP contribution >= 0.6 is 24.0 Å². The van der Waals surface area contributed by atoms with E-state index in [0.29, 0.717) is 38.0 Å². The topological polar surface area (TPSA) is 92.8 Å². The summed E-state index contributed by atoms with van der Waals surface area (Å²) in [4.78, 5) is 21.5. The summed E-state index contributed by atoms with van der Waals surface area (Å²) in [5.41, 5.74) is 6.46. The fraction of sp³-hybridized carbons (Fsp3) is 0.417. The zero-order valence-electron chi connectivity index (χ0n) is 11.0. The number of guanidine groups is 1. The normalized spacial score (nSPS) is 15.4. The molecule has 2 heterocycles. The molecule has 1 aliphatic heterocycles. The first kappa shape index (κ1) is 16.6. The van der Waals surface area contributed by atoms with Gasteiger partial charge in [-0.1, -0.05) is 0 Å². The van der Waals surface area contributed by atoms with Gasteiger partial charge in [0.05, 0.1) is 25.1 Å². The highest BCUT2D eigenvalue weighted by Crippen LogP contribution is 2.02. The van der Waals surface area contributed by atoms with E-state index in [9.17, 15) is 4.79 Å². The highest BCUT2D eigenvalue weighted by molar-refractivity contribution is 14.0. The molecule has 0 aliphatic carbocycles. The summed E-state index contributed by atoms with van der Waals surface area (Å²) in [5.74, 6) is 0.161. The van der Waals surface area contributed by atoms with E-state index >= 15 is 0 Å². The van der Waals surface area contributed by atoms with Gasteiger partial charge >= 0.3 is 0 Å². The maximum absolute atomic E-state index is 11.7. The van der Waals surface area contributed by atoms with E-state index in [2.05, 4.69) is 15.3 Å². The Morgan fingerprint density at radius 2 is 2.25 bits per heavy atom. The third-order valence-corrected chi connectivity index (χ3v) is 2.67. The standard InChI is InChI=1S/C12H17N5O2.HI/c13-12(17-4-6-19-7-5-17)15-9-11(18)16-10-2-1-3-14-8-10;/h1-3,8H,4-7,9H2,(H2,13,15)(H,16,18);1H. The Kier molecular flexibility index (Phi) is 7.23. The molecule has 0 radical (unpaired) electrons. The van der Waals surface area contributed by atoms with E-state index in [1.807, 2.05) is 4.90 Å². The fourth-order valence-corrected chi connectivity index (χ4v) is 1.68. The Labute approximate surface area is 134 Å². The lowest BCUT2D eigenvalue weighted by Crippen LogP contribution is -2.45. The number of nitrogens with one attached hydrogen (secondary N) is 1. The number of nitrogens with zero attached hydrogens (tertiary/aromatic N) is 3. The number of carbonyl (C=O) groups excluding carboxylic acids is 1. The Morgan fingerprint density at radius 3 is 2.90 bits per heavy atom. The van der Waals surface area contributed by atoms with Crippen LogP contribution < -0.4 is 11.1 Å². The molecule has 1 fully saturated rings. The third kappa shape index (κ3) is 5.29. The molecule has 20 heavy (non-hydrogen) atoms. The molecule has 0 saturated carbocycles. The van der Waals surface area contributed by atoms with Crippen molar-refractivity contribution in [2.45, 2.75) is 0 Å². The fourth-order valence-electron chi connectivity index (χ4n) is 1.68. The van der Waals surface area contributed by atoms with Crippen molar-refractivity contribution in [3.8, 4) is 0 Å². The lowest BCUT2D eigenvalue weighted by Gasteiger charge is -2.27. The van der Waals surface area contributed by atoms with Crippen LogP contribution in [0.5, 0.6) is 0 Å². The van der Waals surface area contributed by atoms with Gasteiger partial charge in [0.1, 0.15) is 6.54 Å². The summed E-state index contributed by atoms with van der Waals surface area (Å²) < 4.78 is 5.22. The average Bonchev–Trinajstić information content (AvgIpc) is 2.47. The summed E-state index contributed by atoms with van der Waals surface area (Å²) >= 11 is 0. The second-order valence-electron chi connectivity index (χ2n) is 4.06. The highest BCUT2D eigenvalue weighted by Gasteiger charge is 2.12.